The third-order valence-corrected chi connectivity index (χ3v) is 4.13. The lowest BCUT2D eigenvalue weighted by Crippen LogP contribution is -2.43. The molecule has 0 aliphatic carbocycles. The van der Waals surface area contributed by atoms with Crippen LogP contribution in [0.5, 0.6) is 0 Å². The molecule has 3 rings (SSSR count). The van der Waals surface area contributed by atoms with E-state index in [1.54, 1.807) is 6.07 Å². The van der Waals surface area contributed by atoms with Gasteiger partial charge in [0, 0.05) is 32.1 Å². The van der Waals surface area contributed by atoms with Gasteiger partial charge in [-0.1, -0.05) is 6.07 Å². The molecule has 1 aromatic carbocycles. The van der Waals surface area contributed by atoms with Gasteiger partial charge in [0.1, 0.15) is 11.5 Å². The number of rotatable bonds is 4. The molecule has 5 nitrogen and oxygen atoms in total. The number of halogens is 1. The number of ether oxygens (including phenoxy) is 1. The van der Waals surface area contributed by atoms with Crippen LogP contribution in [0.15, 0.2) is 18.2 Å². The molecule has 22 heavy (non-hydrogen) atoms. The largest absolute Gasteiger partial charge is 0.378 e. The number of para-hydroxylation sites is 1. The summed E-state index contributed by atoms with van der Waals surface area (Å²) in [5.41, 5.74) is 1.07. The highest BCUT2D eigenvalue weighted by molar-refractivity contribution is 5.95. The number of amides is 1. The number of benzene rings is 1. The molecule has 2 N–H and O–H groups in total. The summed E-state index contributed by atoms with van der Waals surface area (Å²) in [6.45, 7) is 3.75. The Hall–Kier alpha value is -1.66. The summed E-state index contributed by atoms with van der Waals surface area (Å²) in [5.74, 6) is -0.570. The van der Waals surface area contributed by atoms with Gasteiger partial charge in [0.25, 0.3) is 0 Å². The summed E-state index contributed by atoms with van der Waals surface area (Å²) in [7, 11) is 0. The highest BCUT2D eigenvalue weighted by atomic mass is 19.1. The number of carbonyl (C=O) groups is 1. The average molecular weight is 307 g/mol. The molecule has 0 bridgehead atoms. The molecule has 0 aromatic heterocycles. The topological polar surface area (TPSA) is 53.6 Å². The van der Waals surface area contributed by atoms with Crippen molar-refractivity contribution >= 4 is 17.3 Å². The number of carbonyl (C=O) groups excluding carboxylic acids is 1. The van der Waals surface area contributed by atoms with Crippen LogP contribution in [0.2, 0.25) is 0 Å². The lowest BCUT2D eigenvalue weighted by molar-refractivity contribution is -0.117. The van der Waals surface area contributed by atoms with Crippen molar-refractivity contribution in [2.24, 2.45) is 0 Å². The number of nitrogens with one attached hydrogen (secondary N) is 2. The van der Waals surface area contributed by atoms with Crippen LogP contribution < -0.4 is 15.5 Å². The second-order valence-corrected chi connectivity index (χ2v) is 5.81. The van der Waals surface area contributed by atoms with Gasteiger partial charge in [-0.2, -0.15) is 0 Å². The van der Waals surface area contributed by atoms with E-state index in [1.165, 1.54) is 6.07 Å². The Morgan fingerprint density at radius 2 is 2.23 bits per heavy atom. The Kier molecular flexibility index (Phi) is 4.90. The molecule has 2 aliphatic rings. The third kappa shape index (κ3) is 3.56. The summed E-state index contributed by atoms with van der Waals surface area (Å²) in [4.78, 5) is 14.3. The minimum absolute atomic E-state index is 0.00393. The van der Waals surface area contributed by atoms with E-state index in [0.29, 0.717) is 18.9 Å². The summed E-state index contributed by atoms with van der Waals surface area (Å²) in [5, 5.41) is 5.98. The molecule has 2 aliphatic heterocycles. The predicted molar refractivity (Wildman–Crippen MR) is 83.7 cm³/mol. The summed E-state index contributed by atoms with van der Waals surface area (Å²) >= 11 is 0. The zero-order valence-corrected chi connectivity index (χ0v) is 12.6. The Morgan fingerprint density at radius 1 is 1.41 bits per heavy atom. The van der Waals surface area contributed by atoms with Crippen LogP contribution in [-0.4, -0.2) is 44.8 Å². The molecule has 1 amide bonds. The van der Waals surface area contributed by atoms with Gasteiger partial charge in [0.15, 0.2) is 0 Å². The molecule has 2 heterocycles. The van der Waals surface area contributed by atoms with Crippen molar-refractivity contribution in [1.29, 1.82) is 0 Å². The SMILES string of the molecule is O=C(CC1COCCN1)Nc1c(F)cccc1N1CCCC1. The van der Waals surface area contributed by atoms with Crippen LogP contribution in [0, 0.1) is 5.82 Å². The molecule has 120 valence electrons. The van der Waals surface area contributed by atoms with Crippen molar-refractivity contribution in [2.75, 3.05) is 43.1 Å². The van der Waals surface area contributed by atoms with Gasteiger partial charge < -0.3 is 20.3 Å². The molecular formula is C16H22FN3O2. The second-order valence-electron chi connectivity index (χ2n) is 5.81. The van der Waals surface area contributed by atoms with Crippen molar-refractivity contribution < 1.29 is 13.9 Å². The molecule has 1 aromatic rings. The minimum Gasteiger partial charge on any atom is -0.378 e. The molecule has 6 heteroatoms. The van der Waals surface area contributed by atoms with Crippen molar-refractivity contribution in [3.63, 3.8) is 0 Å². The van der Waals surface area contributed by atoms with Gasteiger partial charge in [-0.05, 0) is 25.0 Å². The van der Waals surface area contributed by atoms with Crippen molar-refractivity contribution in [3.05, 3.63) is 24.0 Å². The lowest BCUT2D eigenvalue weighted by atomic mass is 10.1. The van der Waals surface area contributed by atoms with Crippen LogP contribution in [-0.2, 0) is 9.53 Å². The quantitative estimate of drug-likeness (QED) is 0.890. The van der Waals surface area contributed by atoms with Crippen LogP contribution >= 0.6 is 0 Å². The number of hydrogen-bond donors (Lipinski definition) is 2. The molecule has 2 saturated heterocycles. The summed E-state index contributed by atoms with van der Waals surface area (Å²) in [6.07, 6.45) is 2.49. The van der Waals surface area contributed by atoms with E-state index in [0.717, 1.165) is 38.2 Å². The van der Waals surface area contributed by atoms with E-state index in [1.807, 2.05) is 6.07 Å². The summed E-state index contributed by atoms with van der Waals surface area (Å²) in [6, 6.07) is 4.94. The molecule has 0 saturated carbocycles. The fourth-order valence-corrected chi connectivity index (χ4v) is 3.02. The first kappa shape index (κ1) is 15.2. The van der Waals surface area contributed by atoms with Crippen LogP contribution in [0.1, 0.15) is 19.3 Å². The average Bonchev–Trinajstić information content (AvgIpc) is 3.04. The Morgan fingerprint density at radius 3 is 2.95 bits per heavy atom. The number of morpholine rings is 1. The van der Waals surface area contributed by atoms with Gasteiger partial charge in [-0.3, -0.25) is 4.79 Å². The van der Waals surface area contributed by atoms with E-state index in [4.69, 9.17) is 4.74 Å². The standard InChI is InChI=1S/C16H22FN3O2/c17-13-4-3-5-14(20-7-1-2-8-20)16(13)19-15(21)10-12-11-22-9-6-18-12/h3-5,12,18H,1-2,6-11H2,(H,19,21). The number of hydrogen-bond acceptors (Lipinski definition) is 4. The molecule has 1 atom stereocenters. The zero-order chi connectivity index (χ0) is 15.4. The maximum atomic E-state index is 14.2. The van der Waals surface area contributed by atoms with Crippen molar-refractivity contribution in [1.82, 2.24) is 5.32 Å². The van der Waals surface area contributed by atoms with E-state index in [9.17, 15) is 9.18 Å². The fourth-order valence-electron chi connectivity index (χ4n) is 3.02. The fraction of sp³-hybridized carbons (Fsp3) is 0.562. The van der Waals surface area contributed by atoms with Crippen LogP contribution in [0.4, 0.5) is 15.8 Å². The van der Waals surface area contributed by atoms with Gasteiger partial charge >= 0.3 is 0 Å². The number of anilines is 2. The van der Waals surface area contributed by atoms with Gasteiger partial charge in [-0.25, -0.2) is 4.39 Å². The van der Waals surface area contributed by atoms with E-state index >= 15 is 0 Å². The highest BCUT2D eigenvalue weighted by Gasteiger charge is 2.22. The summed E-state index contributed by atoms with van der Waals surface area (Å²) < 4.78 is 19.5. The Balaban J connectivity index is 1.69. The molecule has 0 spiro atoms. The maximum Gasteiger partial charge on any atom is 0.226 e. The smallest absolute Gasteiger partial charge is 0.226 e. The van der Waals surface area contributed by atoms with E-state index in [2.05, 4.69) is 15.5 Å². The lowest BCUT2D eigenvalue weighted by Gasteiger charge is -2.25. The van der Waals surface area contributed by atoms with E-state index in [-0.39, 0.29) is 24.2 Å². The Bertz CT molecular complexity index is 526. The van der Waals surface area contributed by atoms with Crippen molar-refractivity contribution in [3.8, 4) is 0 Å². The zero-order valence-electron chi connectivity index (χ0n) is 12.6. The first-order valence-corrected chi connectivity index (χ1v) is 7.88. The normalized spacial score (nSPS) is 21.9. The highest BCUT2D eigenvalue weighted by Crippen LogP contribution is 2.31. The van der Waals surface area contributed by atoms with Crippen LogP contribution in [0.3, 0.4) is 0 Å². The Labute approximate surface area is 129 Å². The minimum atomic E-state index is -0.384. The monoisotopic (exact) mass is 307 g/mol. The van der Waals surface area contributed by atoms with Crippen molar-refractivity contribution in [2.45, 2.75) is 25.3 Å². The van der Waals surface area contributed by atoms with Crippen LogP contribution in [0.25, 0.3) is 0 Å². The number of nitrogens with zero attached hydrogens (tertiary/aromatic N) is 1. The second kappa shape index (κ2) is 7.07. The molecule has 0 radical (unpaired) electrons. The van der Waals surface area contributed by atoms with Gasteiger partial charge in [0.2, 0.25) is 5.91 Å². The predicted octanol–water partition coefficient (Wildman–Crippen LogP) is 1.74. The molecule has 1 unspecified atom stereocenters. The third-order valence-electron chi connectivity index (χ3n) is 4.13. The van der Waals surface area contributed by atoms with Gasteiger partial charge in [0.05, 0.1) is 18.9 Å². The molecule has 2 fully saturated rings. The first-order chi connectivity index (χ1) is 10.7. The van der Waals surface area contributed by atoms with E-state index < -0.39 is 0 Å². The maximum absolute atomic E-state index is 14.2. The molecular weight excluding hydrogens is 285 g/mol. The first-order valence-electron chi connectivity index (χ1n) is 7.88. The van der Waals surface area contributed by atoms with Gasteiger partial charge in [-0.15, -0.1) is 0 Å².